The minimum absolute atomic E-state index is 0.0206. The third-order valence-electron chi connectivity index (χ3n) is 3.96. The number of nitrogens with one attached hydrogen (secondary N) is 1. The fourth-order valence-electron chi connectivity index (χ4n) is 2.55. The first-order valence-corrected chi connectivity index (χ1v) is 9.63. The molecule has 0 spiro atoms. The van der Waals surface area contributed by atoms with Gasteiger partial charge in [-0.25, -0.2) is 0 Å². The average Bonchev–Trinajstić information content (AvgIpc) is 2.73. The summed E-state index contributed by atoms with van der Waals surface area (Å²) >= 11 is 5.89. The highest BCUT2D eigenvalue weighted by Crippen LogP contribution is 2.18. The van der Waals surface area contributed by atoms with Crippen LogP contribution in [0, 0.1) is 0 Å². The van der Waals surface area contributed by atoms with E-state index in [9.17, 15) is 0 Å². The Hall–Kier alpha value is -2.85. The van der Waals surface area contributed by atoms with Crippen LogP contribution in [0.15, 0.2) is 78.9 Å². The summed E-state index contributed by atoms with van der Waals surface area (Å²) in [7, 11) is 0. The van der Waals surface area contributed by atoms with E-state index >= 15 is 0 Å². The Labute approximate surface area is 171 Å². The van der Waals surface area contributed by atoms with Crippen LogP contribution < -0.4 is 19.5 Å². The standard InChI is InChI=1S/C23H24ClNO3/c1-18(28-23-11-7-19(24)8-12-23)17-25-20-9-13-22(14-10-20)27-16-15-26-21-5-3-2-4-6-21/h2-14,18,25H,15-17H2,1H3. The number of hydrogen-bond donors (Lipinski definition) is 1. The molecule has 0 saturated heterocycles. The molecule has 3 aromatic carbocycles. The van der Waals surface area contributed by atoms with Gasteiger partial charge in [0.2, 0.25) is 0 Å². The van der Waals surface area contributed by atoms with Crippen LogP contribution in [-0.2, 0) is 0 Å². The fourth-order valence-corrected chi connectivity index (χ4v) is 2.68. The summed E-state index contributed by atoms with van der Waals surface area (Å²) in [5.41, 5.74) is 1.01. The zero-order valence-electron chi connectivity index (χ0n) is 15.8. The zero-order valence-corrected chi connectivity index (χ0v) is 16.6. The number of rotatable bonds is 10. The van der Waals surface area contributed by atoms with Crippen LogP contribution in [0.5, 0.6) is 17.2 Å². The molecule has 0 radical (unpaired) electrons. The van der Waals surface area contributed by atoms with Crippen LogP contribution >= 0.6 is 11.6 Å². The molecule has 4 nitrogen and oxygen atoms in total. The van der Waals surface area contributed by atoms with Gasteiger partial charge in [-0.3, -0.25) is 0 Å². The van der Waals surface area contributed by atoms with Crippen molar-refractivity contribution < 1.29 is 14.2 Å². The van der Waals surface area contributed by atoms with Crippen molar-refractivity contribution in [3.63, 3.8) is 0 Å². The number of hydrogen-bond acceptors (Lipinski definition) is 4. The number of ether oxygens (including phenoxy) is 3. The van der Waals surface area contributed by atoms with Crippen molar-refractivity contribution in [1.82, 2.24) is 0 Å². The normalized spacial score (nSPS) is 11.5. The molecule has 3 rings (SSSR count). The van der Waals surface area contributed by atoms with E-state index in [1.807, 2.05) is 85.8 Å². The molecule has 3 aromatic rings. The Morgan fingerprint density at radius 2 is 1.32 bits per heavy atom. The van der Waals surface area contributed by atoms with Gasteiger partial charge in [-0.05, 0) is 67.6 Å². The summed E-state index contributed by atoms with van der Waals surface area (Å²) in [6, 6.07) is 24.9. The van der Waals surface area contributed by atoms with E-state index in [-0.39, 0.29) is 6.10 Å². The minimum atomic E-state index is 0.0206. The van der Waals surface area contributed by atoms with Crippen molar-refractivity contribution in [1.29, 1.82) is 0 Å². The Balaban J connectivity index is 1.36. The molecule has 0 aromatic heterocycles. The second-order valence-corrected chi connectivity index (χ2v) is 6.73. The van der Waals surface area contributed by atoms with Gasteiger partial charge in [0.25, 0.3) is 0 Å². The molecular weight excluding hydrogens is 374 g/mol. The van der Waals surface area contributed by atoms with Crippen LogP contribution in [0.2, 0.25) is 5.02 Å². The van der Waals surface area contributed by atoms with E-state index in [0.717, 1.165) is 22.9 Å². The molecule has 0 aliphatic rings. The number of anilines is 1. The second kappa shape index (κ2) is 10.5. The first kappa shape index (κ1) is 19.9. The number of para-hydroxylation sites is 1. The van der Waals surface area contributed by atoms with Gasteiger partial charge in [0, 0.05) is 10.7 Å². The van der Waals surface area contributed by atoms with Gasteiger partial charge in [-0.15, -0.1) is 0 Å². The van der Waals surface area contributed by atoms with Crippen LogP contribution in [0.1, 0.15) is 6.92 Å². The molecule has 0 amide bonds. The molecule has 0 aliphatic heterocycles. The third kappa shape index (κ3) is 6.71. The molecule has 1 N–H and O–H groups in total. The molecule has 146 valence electrons. The molecule has 0 fully saturated rings. The van der Waals surface area contributed by atoms with Crippen LogP contribution in [0.3, 0.4) is 0 Å². The molecule has 5 heteroatoms. The molecule has 0 saturated carbocycles. The highest BCUT2D eigenvalue weighted by Gasteiger charge is 2.04. The van der Waals surface area contributed by atoms with E-state index < -0.39 is 0 Å². The van der Waals surface area contributed by atoms with Gasteiger partial charge in [-0.2, -0.15) is 0 Å². The predicted molar refractivity (Wildman–Crippen MR) is 114 cm³/mol. The molecular formula is C23H24ClNO3. The molecule has 1 atom stereocenters. The first-order chi connectivity index (χ1) is 13.7. The Kier molecular flexibility index (Phi) is 7.44. The highest BCUT2D eigenvalue weighted by atomic mass is 35.5. The SMILES string of the molecule is CC(CNc1ccc(OCCOc2ccccc2)cc1)Oc1ccc(Cl)cc1. The lowest BCUT2D eigenvalue weighted by atomic mass is 10.3. The fraction of sp³-hybridized carbons (Fsp3) is 0.217. The minimum Gasteiger partial charge on any atom is -0.490 e. The number of benzene rings is 3. The Bertz CT molecular complexity index is 823. The summed E-state index contributed by atoms with van der Waals surface area (Å²) in [5.74, 6) is 2.47. The van der Waals surface area contributed by atoms with Gasteiger partial charge in [-0.1, -0.05) is 29.8 Å². The second-order valence-electron chi connectivity index (χ2n) is 6.30. The largest absolute Gasteiger partial charge is 0.490 e. The van der Waals surface area contributed by atoms with Gasteiger partial charge < -0.3 is 19.5 Å². The van der Waals surface area contributed by atoms with E-state index in [0.29, 0.717) is 24.8 Å². The maximum atomic E-state index is 5.89. The van der Waals surface area contributed by atoms with Gasteiger partial charge in [0.1, 0.15) is 36.6 Å². The van der Waals surface area contributed by atoms with Crippen LogP contribution in [-0.4, -0.2) is 25.9 Å². The Morgan fingerprint density at radius 3 is 1.96 bits per heavy atom. The van der Waals surface area contributed by atoms with Crippen molar-refractivity contribution in [2.24, 2.45) is 0 Å². The smallest absolute Gasteiger partial charge is 0.122 e. The van der Waals surface area contributed by atoms with Crippen molar-refractivity contribution in [2.45, 2.75) is 13.0 Å². The summed E-state index contributed by atoms with van der Waals surface area (Å²) in [6.45, 7) is 3.71. The molecule has 0 bridgehead atoms. The molecule has 28 heavy (non-hydrogen) atoms. The van der Waals surface area contributed by atoms with E-state index in [2.05, 4.69) is 5.32 Å². The van der Waals surface area contributed by atoms with Crippen molar-refractivity contribution in [3.05, 3.63) is 83.9 Å². The lowest BCUT2D eigenvalue weighted by Crippen LogP contribution is -2.22. The van der Waals surface area contributed by atoms with E-state index in [1.54, 1.807) is 0 Å². The first-order valence-electron chi connectivity index (χ1n) is 9.26. The van der Waals surface area contributed by atoms with Crippen LogP contribution in [0.25, 0.3) is 0 Å². The van der Waals surface area contributed by atoms with Gasteiger partial charge >= 0.3 is 0 Å². The van der Waals surface area contributed by atoms with E-state index in [4.69, 9.17) is 25.8 Å². The maximum Gasteiger partial charge on any atom is 0.122 e. The average molecular weight is 398 g/mol. The molecule has 1 unspecified atom stereocenters. The predicted octanol–water partition coefficient (Wildman–Crippen LogP) is 5.68. The van der Waals surface area contributed by atoms with Crippen molar-refractivity contribution in [2.75, 3.05) is 25.1 Å². The van der Waals surface area contributed by atoms with Gasteiger partial charge in [0.05, 0.1) is 6.54 Å². The lowest BCUT2D eigenvalue weighted by Gasteiger charge is -2.16. The monoisotopic (exact) mass is 397 g/mol. The lowest BCUT2D eigenvalue weighted by molar-refractivity contribution is 0.217. The topological polar surface area (TPSA) is 39.7 Å². The van der Waals surface area contributed by atoms with Crippen molar-refractivity contribution >= 4 is 17.3 Å². The quantitative estimate of drug-likeness (QED) is 0.447. The van der Waals surface area contributed by atoms with Crippen molar-refractivity contribution in [3.8, 4) is 17.2 Å². The van der Waals surface area contributed by atoms with Gasteiger partial charge in [0.15, 0.2) is 0 Å². The zero-order chi connectivity index (χ0) is 19.6. The summed E-state index contributed by atoms with van der Waals surface area (Å²) in [5, 5.41) is 4.06. The maximum absolute atomic E-state index is 5.89. The van der Waals surface area contributed by atoms with E-state index in [1.165, 1.54) is 0 Å². The summed E-state index contributed by atoms with van der Waals surface area (Å²) < 4.78 is 17.2. The molecule has 0 heterocycles. The summed E-state index contributed by atoms with van der Waals surface area (Å²) in [6.07, 6.45) is 0.0206. The summed E-state index contributed by atoms with van der Waals surface area (Å²) in [4.78, 5) is 0. The van der Waals surface area contributed by atoms with Crippen LogP contribution in [0.4, 0.5) is 5.69 Å². The number of halogens is 1. The highest BCUT2D eigenvalue weighted by molar-refractivity contribution is 6.30. The third-order valence-corrected chi connectivity index (χ3v) is 4.21. The molecule has 0 aliphatic carbocycles. The Morgan fingerprint density at radius 1 is 0.750 bits per heavy atom.